The maximum absolute atomic E-state index is 13.9. The summed E-state index contributed by atoms with van der Waals surface area (Å²) < 4.78 is 13.9. The molecule has 9 heteroatoms. The molecule has 0 spiro atoms. The van der Waals surface area contributed by atoms with Gasteiger partial charge in [0.2, 0.25) is 11.8 Å². The van der Waals surface area contributed by atoms with Crippen LogP contribution in [0.1, 0.15) is 42.5 Å². The van der Waals surface area contributed by atoms with Gasteiger partial charge in [-0.25, -0.2) is 4.39 Å². The van der Waals surface area contributed by atoms with E-state index in [1.807, 2.05) is 0 Å². The number of carbonyl (C=O) groups is 3. The summed E-state index contributed by atoms with van der Waals surface area (Å²) in [4.78, 5) is 34.8. The van der Waals surface area contributed by atoms with Gasteiger partial charge in [-0.3, -0.25) is 14.4 Å². The Balaban J connectivity index is 0.00000364. The zero-order valence-electron chi connectivity index (χ0n) is 15.1. The molecular weight excluding hydrogens is 375 g/mol. The Morgan fingerprint density at radius 2 is 1.89 bits per heavy atom. The molecule has 1 aliphatic heterocycles. The fraction of sp³-hybridized carbons (Fsp3) is 0.500. The van der Waals surface area contributed by atoms with Crippen LogP contribution in [0.2, 0.25) is 0 Å². The molecule has 150 valence electrons. The van der Waals surface area contributed by atoms with Gasteiger partial charge in [0.25, 0.3) is 5.91 Å². The zero-order valence-corrected chi connectivity index (χ0v) is 15.9. The second kappa shape index (κ2) is 11.5. The van der Waals surface area contributed by atoms with E-state index in [1.165, 1.54) is 12.1 Å². The Morgan fingerprint density at radius 1 is 1.19 bits per heavy atom. The van der Waals surface area contributed by atoms with E-state index in [-0.39, 0.29) is 42.5 Å². The Bertz CT molecular complexity index is 666. The number of hydrogen-bond donors (Lipinski definition) is 4. The Kier molecular flexibility index (Phi) is 9.74. The molecule has 2 rings (SSSR count). The van der Waals surface area contributed by atoms with Crippen molar-refractivity contribution in [2.24, 2.45) is 11.7 Å². The van der Waals surface area contributed by atoms with Crippen molar-refractivity contribution in [2.75, 3.05) is 25.0 Å². The molecule has 5 N–H and O–H groups in total. The van der Waals surface area contributed by atoms with E-state index in [9.17, 15) is 18.8 Å². The molecule has 27 heavy (non-hydrogen) atoms. The molecule has 0 atom stereocenters. The number of halogens is 2. The first-order valence-corrected chi connectivity index (χ1v) is 8.82. The minimum absolute atomic E-state index is 0. The highest BCUT2D eigenvalue weighted by molar-refractivity contribution is 5.97. The van der Waals surface area contributed by atoms with Crippen molar-refractivity contribution in [1.29, 1.82) is 0 Å². The van der Waals surface area contributed by atoms with Gasteiger partial charge >= 0.3 is 0 Å². The number of primary amides is 1. The molecule has 0 saturated carbocycles. The van der Waals surface area contributed by atoms with Crippen molar-refractivity contribution in [2.45, 2.75) is 32.1 Å². The standard InChI is InChI=1S/C18H25FN4O3.ClH/c19-14-3-2-13(18(26)22-10-7-16(20)24)11-15(14)23-17(25)4-1-12-5-8-21-9-6-12;/h2-3,11-12,21H,1,4-10H2,(H2,20,24)(H,22,26)(H,23,25);1H. The minimum atomic E-state index is -0.603. The topological polar surface area (TPSA) is 113 Å². The first-order chi connectivity index (χ1) is 12.5. The normalized spacial score (nSPS) is 14.1. The highest BCUT2D eigenvalue weighted by atomic mass is 35.5. The lowest BCUT2D eigenvalue weighted by molar-refractivity contribution is -0.118. The highest BCUT2D eigenvalue weighted by Gasteiger charge is 2.16. The third-order valence-corrected chi connectivity index (χ3v) is 4.40. The summed E-state index contributed by atoms with van der Waals surface area (Å²) in [5.74, 6) is -1.35. The number of nitrogens with two attached hydrogens (primary N) is 1. The second-order valence-corrected chi connectivity index (χ2v) is 6.45. The minimum Gasteiger partial charge on any atom is -0.370 e. The number of carbonyl (C=O) groups excluding carboxylic acids is 3. The summed E-state index contributed by atoms with van der Waals surface area (Å²) in [6, 6.07) is 3.74. The molecule has 1 fully saturated rings. The van der Waals surface area contributed by atoms with Crippen LogP contribution in [0.5, 0.6) is 0 Å². The van der Waals surface area contributed by atoms with E-state index in [1.54, 1.807) is 0 Å². The van der Waals surface area contributed by atoms with Crippen molar-refractivity contribution >= 4 is 35.8 Å². The first kappa shape index (κ1) is 22.9. The predicted molar refractivity (Wildman–Crippen MR) is 103 cm³/mol. The van der Waals surface area contributed by atoms with Gasteiger partial charge in [-0.05, 0) is 56.5 Å². The summed E-state index contributed by atoms with van der Waals surface area (Å²) in [5.41, 5.74) is 5.18. The van der Waals surface area contributed by atoms with Gasteiger partial charge in [-0.15, -0.1) is 12.4 Å². The highest BCUT2D eigenvalue weighted by Crippen LogP contribution is 2.20. The fourth-order valence-electron chi connectivity index (χ4n) is 2.88. The molecular formula is C18H26ClFN4O3. The molecule has 3 amide bonds. The van der Waals surface area contributed by atoms with E-state index in [0.29, 0.717) is 12.3 Å². The lowest BCUT2D eigenvalue weighted by atomic mass is 9.93. The molecule has 0 aromatic heterocycles. The van der Waals surface area contributed by atoms with Crippen LogP contribution in [-0.4, -0.2) is 37.4 Å². The van der Waals surface area contributed by atoms with Crippen molar-refractivity contribution in [1.82, 2.24) is 10.6 Å². The van der Waals surface area contributed by atoms with Gasteiger partial charge in [0, 0.05) is 24.9 Å². The Hall–Kier alpha value is -2.19. The zero-order chi connectivity index (χ0) is 18.9. The number of amides is 3. The maximum Gasteiger partial charge on any atom is 0.251 e. The molecule has 7 nitrogen and oxygen atoms in total. The maximum atomic E-state index is 13.9. The third kappa shape index (κ3) is 7.92. The molecule has 0 bridgehead atoms. The predicted octanol–water partition coefficient (Wildman–Crippen LogP) is 1.57. The van der Waals surface area contributed by atoms with Crippen LogP contribution < -0.4 is 21.7 Å². The number of benzene rings is 1. The summed E-state index contributed by atoms with van der Waals surface area (Å²) in [7, 11) is 0. The molecule has 1 aromatic carbocycles. The van der Waals surface area contributed by atoms with Gasteiger partial charge in [0.1, 0.15) is 5.82 Å². The lowest BCUT2D eigenvalue weighted by Gasteiger charge is -2.22. The van der Waals surface area contributed by atoms with E-state index < -0.39 is 17.6 Å². The third-order valence-electron chi connectivity index (χ3n) is 4.40. The smallest absolute Gasteiger partial charge is 0.251 e. The summed E-state index contributed by atoms with van der Waals surface area (Å²) in [6.07, 6.45) is 3.19. The average molecular weight is 401 g/mol. The van der Waals surface area contributed by atoms with Crippen molar-refractivity contribution in [3.63, 3.8) is 0 Å². The van der Waals surface area contributed by atoms with E-state index in [0.717, 1.165) is 38.4 Å². The van der Waals surface area contributed by atoms with Gasteiger partial charge in [0.15, 0.2) is 0 Å². The van der Waals surface area contributed by atoms with Crippen LogP contribution in [0.25, 0.3) is 0 Å². The molecule has 0 unspecified atom stereocenters. The SMILES string of the molecule is Cl.NC(=O)CCNC(=O)c1ccc(F)c(NC(=O)CCC2CCNCC2)c1. The molecule has 1 heterocycles. The number of hydrogen-bond acceptors (Lipinski definition) is 4. The molecule has 1 saturated heterocycles. The number of anilines is 1. The fourth-order valence-corrected chi connectivity index (χ4v) is 2.88. The number of nitrogens with one attached hydrogen (secondary N) is 3. The van der Waals surface area contributed by atoms with Crippen molar-refractivity contribution in [3.8, 4) is 0 Å². The van der Waals surface area contributed by atoms with Gasteiger partial charge in [-0.2, -0.15) is 0 Å². The van der Waals surface area contributed by atoms with Crippen LogP contribution in [0, 0.1) is 11.7 Å². The summed E-state index contributed by atoms with van der Waals surface area (Å²) in [5, 5.41) is 8.33. The molecule has 0 aliphatic carbocycles. The average Bonchev–Trinajstić information content (AvgIpc) is 2.62. The number of piperidine rings is 1. The van der Waals surface area contributed by atoms with Crippen LogP contribution >= 0.6 is 12.4 Å². The Labute approximate surface area is 164 Å². The Morgan fingerprint density at radius 3 is 2.56 bits per heavy atom. The van der Waals surface area contributed by atoms with E-state index in [2.05, 4.69) is 16.0 Å². The van der Waals surface area contributed by atoms with Crippen molar-refractivity contribution < 1.29 is 18.8 Å². The lowest BCUT2D eigenvalue weighted by Crippen LogP contribution is -2.28. The molecule has 1 aliphatic rings. The van der Waals surface area contributed by atoms with Gasteiger partial charge < -0.3 is 21.7 Å². The molecule has 0 radical (unpaired) electrons. The van der Waals surface area contributed by atoms with Crippen LogP contribution in [0.3, 0.4) is 0 Å². The van der Waals surface area contributed by atoms with Gasteiger partial charge in [-0.1, -0.05) is 0 Å². The largest absolute Gasteiger partial charge is 0.370 e. The summed E-state index contributed by atoms with van der Waals surface area (Å²) >= 11 is 0. The molecule has 1 aromatic rings. The van der Waals surface area contributed by atoms with Crippen molar-refractivity contribution in [3.05, 3.63) is 29.6 Å². The monoisotopic (exact) mass is 400 g/mol. The van der Waals surface area contributed by atoms with Crippen LogP contribution in [0.4, 0.5) is 10.1 Å². The van der Waals surface area contributed by atoms with E-state index in [4.69, 9.17) is 5.73 Å². The summed E-state index contributed by atoms with van der Waals surface area (Å²) in [6.45, 7) is 2.03. The van der Waals surface area contributed by atoms with Crippen LogP contribution in [0.15, 0.2) is 18.2 Å². The second-order valence-electron chi connectivity index (χ2n) is 6.45. The number of rotatable bonds is 8. The first-order valence-electron chi connectivity index (χ1n) is 8.82. The van der Waals surface area contributed by atoms with E-state index >= 15 is 0 Å². The van der Waals surface area contributed by atoms with Crippen LogP contribution in [-0.2, 0) is 9.59 Å². The van der Waals surface area contributed by atoms with Gasteiger partial charge in [0.05, 0.1) is 5.69 Å². The quantitative estimate of drug-likeness (QED) is 0.530.